The molecule has 0 heterocycles. The van der Waals surface area contributed by atoms with Crippen LogP contribution in [0.2, 0.25) is 5.02 Å². The van der Waals surface area contributed by atoms with E-state index in [2.05, 4.69) is 0 Å². The van der Waals surface area contributed by atoms with Crippen LogP contribution >= 0.6 is 11.6 Å². The topological polar surface area (TPSA) is 57.5 Å². The highest BCUT2D eigenvalue weighted by molar-refractivity contribution is 6.32. The van der Waals surface area contributed by atoms with E-state index in [-0.39, 0.29) is 12.2 Å². The highest BCUT2D eigenvalue weighted by Crippen LogP contribution is 2.29. The van der Waals surface area contributed by atoms with Gasteiger partial charge in [-0.05, 0) is 37.0 Å². The van der Waals surface area contributed by atoms with Crippen molar-refractivity contribution in [2.75, 3.05) is 0 Å². The number of phenolic OH excluding ortho intramolecular Hbond substituents is 1. The Morgan fingerprint density at radius 2 is 2.13 bits per heavy atom. The first kappa shape index (κ1) is 11.9. The summed E-state index contributed by atoms with van der Waals surface area (Å²) in [6.07, 6.45) is 1.13. The lowest BCUT2D eigenvalue weighted by Gasteiger charge is -2.06. The first-order chi connectivity index (χ1) is 7.00. The van der Waals surface area contributed by atoms with Crippen molar-refractivity contribution in [3.63, 3.8) is 0 Å². The molecule has 2 N–H and O–H groups in total. The predicted octanol–water partition coefficient (Wildman–Crippen LogP) is 2.76. The number of hydrogen-bond donors (Lipinski definition) is 2. The number of aliphatic carboxylic acids is 1. The lowest BCUT2D eigenvalue weighted by molar-refractivity contribution is -0.137. The van der Waals surface area contributed by atoms with Crippen LogP contribution in [-0.4, -0.2) is 16.2 Å². The van der Waals surface area contributed by atoms with Gasteiger partial charge in [-0.25, -0.2) is 0 Å². The van der Waals surface area contributed by atoms with Crippen molar-refractivity contribution >= 4 is 17.6 Å². The van der Waals surface area contributed by atoms with E-state index in [1.54, 1.807) is 6.07 Å². The van der Waals surface area contributed by atoms with Gasteiger partial charge >= 0.3 is 5.97 Å². The highest BCUT2D eigenvalue weighted by atomic mass is 35.5. The number of halogens is 1. The van der Waals surface area contributed by atoms with E-state index in [4.69, 9.17) is 16.7 Å². The van der Waals surface area contributed by atoms with Gasteiger partial charge in [-0.1, -0.05) is 17.7 Å². The summed E-state index contributed by atoms with van der Waals surface area (Å²) in [5.74, 6) is -0.763. The molecule has 82 valence electrons. The maximum absolute atomic E-state index is 10.3. The summed E-state index contributed by atoms with van der Waals surface area (Å²) in [5.41, 5.74) is 1.67. The van der Waals surface area contributed by atoms with Gasteiger partial charge in [-0.15, -0.1) is 0 Å². The number of carbonyl (C=O) groups is 1. The molecule has 0 spiro atoms. The second-order valence-electron chi connectivity index (χ2n) is 3.50. The number of hydrogen-bond acceptors (Lipinski definition) is 2. The lowest BCUT2D eigenvalue weighted by atomic mass is 10.0. The molecule has 0 bridgehead atoms. The molecular formula is C11H13ClO3. The van der Waals surface area contributed by atoms with E-state index in [9.17, 15) is 9.90 Å². The summed E-state index contributed by atoms with van der Waals surface area (Å²) in [7, 11) is 0. The largest absolute Gasteiger partial charge is 0.506 e. The van der Waals surface area contributed by atoms with Gasteiger partial charge in [0.25, 0.3) is 0 Å². The van der Waals surface area contributed by atoms with Gasteiger partial charge in [0, 0.05) is 6.42 Å². The van der Waals surface area contributed by atoms with E-state index in [0.717, 1.165) is 5.56 Å². The highest BCUT2D eigenvalue weighted by Gasteiger charge is 2.07. The molecule has 4 heteroatoms. The van der Waals surface area contributed by atoms with Crippen LogP contribution in [0.15, 0.2) is 12.1 Å². The molecular weight excluding hydrogens is 216 g/mol. The van der Waals surface area contributed by atoms with Crippen molar-refractivity contribution in [2.24, 2.45) is 0 Å². The standard InChI is InChI=1S/C11H13ClO3/c1-7-5-8(3-2-4-10(13)14)11(15)9(12)6-7/h5-6,15H,2-4H2,1H3,(H,13,14). The van der Waals surface area contributed by atoms with Gasteiger partial charge in [0.15, 0.2) is 0 Å². The number of benzene rings is 1. The Labute approximate surface area is 93.3 Å². The van der Waals surface area contributed by atoms with Gasteiger partial charge in [0.1, 0.15) is 5.75 Å². The minimum absolute atomic E-state index is 0.0626. The molecule has 1 rings (SSSR count). The molecule has 0 aliphatic rings. The maximum atomic E-state index is 10.3. The third-order valence-electron chi connectivity index (χ3n) is 2.12. The summed E-state index contributed by atoms with van der Waals surface area (Å²) in [6, 6.07) is 3.50. The van der Waals surface area contributed by atoms with Gasteiger partial charge in [0.2, 0.25) is 0 Å². The number of aromatic hydroxyl groups is 1. The summed E-state index contributed by atoms with van der Waals surface area (Å²) in [6.45, 7) is 1.88. The summed E-state index contributed by atoms with van der Waals surface area (Å²) >= 11 is 5.79. The fourth-order valence-corrected chi connectivity index (χ4v) is 1.72. The van der Waals surface area contributed by atoms with Crippen LogP contribution in [0.4, 0.5) is 0 Å². The molecule has 0 atom stereocenters. The van der Waals surface area contributed by atoms with Crippen LogP contribution in [0.1, 0.15) is 24.0 Å². The number of aryl methyl sites for hydroxylation is 2. The Hall–Kier alpha value is -1.22. The third kappa shape index (κ3) is 3.44. The van der Waals surface area contributed by atoms with Crippen molar-refractivity contribution < 1.29 is 15.0 Å². The molecule has 1 aromatic rings. The zero-order chi connectivity index (χ0) is 11.4. The maximum Gasteiger partial charge on any atom is 0.303 e. The zero-order valence-electron chi connectivity index (χ0n) is 8.46. The minimum atomic E-state index is -0.826. The Kier molecular flexibility index (Phi) is 3.97. The van der Waals surface area contributed by atoms with Crippen molar-refractivity contribution in [1.29, 1.82) is 0 Å². The number of carboxylic acids is 1. The Morgan fingerprint density at radius 1 is 1.47 bits per heavy atom. The van der Waals surface area contributed by atoms with Crippen LogP contribution in [0.5, 0.6) is 5.75 Å². The molecule has 0 aromatic heterocycles. The third-order valence-corrected chi connectivity index (χ3v) is 2.41. The molecule has 0 radical (unpaired) electrons. The molecule has 0 unspecified atom stereocenters. The van der Waals surface area contributed by atoms with Gasteiger partial charge in [-0.3, -0.25) is 4.79 Å². The molecule has 0 fully saturated rings. The SMILES string of the molecule is Cc1cc(Cl)c(O)c(CCCC(=O)O)c1. The number of rotatable bonds is 4. The molecule has 0 aliphatic carbocycles. The smallest absolute Gasteiger partial charge is 0.303 e. The van der Waals surface area contributed by atoms with Crippen molar-refractivity contribution in [3.05, 3.63) is 28.3 Å². The molecule has 0 saturated heterocycles. The van der Waals surface area contributed by atoms with Crippen molar-refractivity contribution in [2.45, 2.75) is 26.2 Å². The second-order valence-corrected chi connectivity index (χ2v) is 3.91. The molecule has 0 aliphatic heterocycles. The lowest BCUT2D eigenvalue weighted by Crippen LogP contribution is -1.96. The normalized spacial score (nSPS) is 10.3. The second kappa shape index (κ2) is 5.03. The Balaban J connectivity index is 2.72. The zero-order valence-corrected chi connectivity index (χ0v) is 9.21. The van der Waals surface area contributed by atoms with Crippen LogP contribution in [0, 0.1) is 6.92 Å². The van der Waals surface area contributed by atoms with Crippen molar-refractivity contribution in [1.82, 2.24) is 0 Å². The average molecular weight is 229 g/mol. The molecule has 15 heavy (non-hydrogen) atoms. The molecule has 3 nitrogen and oxygen atoms in total. The van der Waals surface area contributed by atoms with E-state index in [1.165, 1.54) is 0 Å². The monoisotopic (exact) mass is 228 g/mol. The van der Waals surface area contributed by atoms with E-state index >= 15 is 0 Å². The number of carboxylic acid groups (broad SMARTS) is 1. The Bertz CT molecular complexity index is 374. The van der Waals surface area contributed by atoms with Crippen LogP contribution in [0.3, 0.4) is 0 Å². The van der Waals surface area contributed by atoms with Crippen LogP contribution in [-0.2, 0) is 11.2 Å². The van der Waals surface area contributed by atoms with Crippen LogP contribution in [0.25, 0.3) is 0 Å². The molecule has 0 saturated carbocycles. The van der Waals surface area contributed by atoms with Gasteiger partial charge < -0.3 is 10.2 Å². The van der Waals surface area contributed by atoms with Crippen molar-refractivity contribution in [3.8, 4) is 5.75 Å². The first-order valence-corrected chi connectivity index (χ1v) is 5.08. The summed E-state index contributed by atoms with van der Waals surface area (Å²) < 4.78 is 0. The van der Waals surface area contributed by atoms with Gasteiger partial charge in [-0.2, -0.15) is 0 Å². The van der Waals surface area contributed by atoms with E-state index < -0.39 is 5.97 Å². The summed E-state index contributed by atoms with van der Waals surface area (Å²) in [5, 5.41) is 18.4. The average Bonchev–Trinajstić information content (AvgIpc) is 2.12. The predicted molar refractivity (Wildman–Crippen MR) is 58.4 cm³/mol. The van der Waals surface area contributed by atoms with Crippen LogP contribution < -0.4 is 0 Å². The van der Waals surface area contributed by atoms with Gasteiger partial charge in [0.05, 0.1) is 5.02 Å². The Morgan fingerprint density at radius 3 is 2.73 bits per heavy atom. The van der Waals surface area contributed by atoms with E-state index in [0.29, 0.717) is 23.4 Å². The molecule has 1 aromatic carbocycles. The molecule has 0 amide bonds. The quantitative estimate of drug-likeness (QED) is 0.833. The first-order valence-electron chi connectivity index (χ1n) is 4.70. The fourth-order valence-electron chi connectivity index (χ4n) is 1.43. The minimum Gasteiger partial charge on any atom is -0.506 e. The number of phenols is 1. The summed E-state index contributed by atoms with van der Waals surface area (Å²) in [4.78, 5) is 10.3. The van der Waals surface area contributed by atoms with E-state index in [1.807, 2.05) is 13.0 Å². The fraction of sp³-hybridized carbons (Fsp3) is 0.364.